The van der Waals surface area contributed by atoms with Crippen LogP contribution in [0.2, 0.25) is 0 Å². The number of benzene rings is 3. The molecule has 1 aliphatic rings. The molecule has 0 radical (unpaired) electrons. The van der Waals surface area contributed by atoms with Crippen LogP contribution in [0.1, 0.15) is 43.4 Å². The zero-order chi connectivity index (χ0) is 32.4. The van der Waals surface area contributed by atoms with Gasteiger partial charge in [-0.3, -0.25) is 4.57 Å². The van der Waals surface area contributed by atoms with E-state index in [2.05, 4.69) is 29.6 Å². The summed E-state index contributed by atoms with van der Waals surface area (Å²) in [6.07, 6.45) is 0.492. The van der Waals surface area contributed by atoms with Crippen molar-refractivity contribution in [3.8, 4) is 11.1 Å². The summed E-state index contributed by atoms with van der Waals surface area (Å²) < 4.78 is 19.1. The topological polar surface area (TPSA) is 95.9 Å². The monoisotopic (exact) mass is 739 g/mol. The molecule has 4 aromatic rings. The first-order valence-electron chi connectivity index (χ1n) is 15.2. The Bertz CT molecular complexity index is 1670. The van der Waals surface area contributed by atoms with Crippen molar-refractivity contribution in [1.82, 2.24) is 9.88 Å². The van der Waals surface area contributed by atoms with Crippen LogP contribution >= 0.6 is 0 Å². The SMILES string of the molecule is CC(C)(C)OC(=O)n1cc(C[C@H](NC(=O)OCC2c3ccccc3-c3ccccc32)C(=O)OCC[N+](C)(C)C)c2ccccc21.[I-]. The molecule has 0 saturated carbocycles. The van der Waals surface area contributed by atoms with Crippen molar-refractivity contribution in [3.05, 3.63) is 95.7 Å². The van der Waals surface area contributed by atoms with E-state index < -0.39 is 29.8 Å². The average molecular weight is 740 g/mol. The number of likely N-dealkylation sites (N-methyl/N-ethyl adjacent to an activating group) is 1. The number of halogens is 1. The Morgan fingerprint density at radius 1 is 0.870 bits per heavy atom. The van der Waals surface area contributed by atoms with Gasteiger partial charge in [0.15, 0.2) is 0 Å². The molecule has 0 aliphatic heterocycles. The summed E-state index contributed by atoms with van der Waals surface area (Å²) in [6.45, 7) is 6.31. The van der Waals surface area contributed by atoms with Gasteiger partial charge in [-0.15, -0.1) is 0 Å². The predicted octanol–water partition coefficient (Wildman–Crippen LogP) is 3.13. The number of aromatic nitrogens is 1. The first-order chi connectivity index (χ1) is 21.3. The molecular formula is C36H42IN3O6. The van der Waals surface area contributed by atoms with E-state index in [1.54, 1.807) is 27.0 Å². The lowest BCUT2D eigenvalue weighted by molar-refractivity contribution is -0.870. The smallest absolute Gasteiger partial charge is 0.419 e. The number of quaternary nitrogens is 1. The van der Waals surface area contributed by atoms with Crippen molar-refractivity contribution >= 4 is 29.1 Å². The Balaban J connectivity index is 0.00000480. The summed E-state index contributed by atoms with van der Waals surface area (Å²) >= 11 is 0. The summed E-state index contributed by atoms with van der Waals surface area (Å²) in [6, 6.07) is 22.5. The van der Waals surface area contributed by atoms with Crippen molar-refractivity contribution < 1.29 is 57.1 Å². The summed E-state index contributed by atoms with van der Waals surface area (Å²) in [4.78, 5) is 39.8. The van der Waals surface area contributed by atoms with Crippen molar-refractivity contribution in [2.24, 2.45) is 0 Å². The van der Waals surface area contributed by atoms with E-state index in [4.69, 9.17) is 14.2 Å². The van der Waals surface area contributed by atoms with Crippen molar-refractivity contribution in [2.45, 2.75) is 44.8 Å². The highest BCUT2D eigenvalue weighted by molar-refractivity contribution is 5.93. The van der Waals surface area contributed by atoms with Crippen LogP contribution in [0, 0.1) is 0 Å². The van der Waals surface area contributed by atoms with E-state index in [0.717, 1.165) is 27.6 Å². The van der Waals surface area contributed by atoms with Gasteiger partial charge < -0.3 is 48.0 Å². The van der Waals surface area contributed by atoms with E-state index in [9.17, 15) is 14.4 Å². The second-order valence-corrected chi connectivity index (χ2v) is 13.4. The maximum Gasteiger partial charge on any atom is 0.419 e. The number of ether oxygens (including phenoxy) is 3. The number of nitrogens with zero attached hydrogens (tertiary/aromatic N) is 2. The molecule has 0 fully saturated rings. The second kappa shape index (κ2) is 14.3. The Morgan fingerprint density at radius 2 is 1.46 bits per heavy atom. The second-order valence-electron chi connectivity index (χ2n) is 13.4. The van der Waals surface area contributed by atoms with E-state index >= 15 is 0 Å². The lowest BCUT2D eigenvalue weighted by Crippen LogP contribution is -3.00. The molecule has 10 heteroatoms. The fraction of sp³-hybridized carbons (Fsp3) is 0.361. The molecule has 0 spiro atoms. The normalized spacial score (nSPS) is 13.3. The summed E-state index contributed by atoms with van der Waals surface area (Å²) in [7, 11) is 6.02. The quantitative estimate of drug-likeness (QED) is 0.123. The number of nitrogens with one attached hydrogen (secondary N) is 1. The van der Waals surface area contributed by atoms with Crippen molar-refractivity contribution in [1.29, 1.82) is 0 Å². The Kier molecular flexibility index (Phi) is 10.8. The lowest BCUT2D eigenvalue weighted by atomic mass is 9.98. The van der Waals surface area contributed by atoms with Crippen molar-refractivity contribution in [3.63, 3.8) is 0 Å². The van der Waals surface area contributed by atoms with Gasteiger partial charge in [0.05, 0.1) is 26.7 Å². The van der Waals surface area contributed by atoms with Gasteiger partial charge >= 0.3 is 18.2 Å². The van der Waals surface area contributed by atoms with Gasteiger partial charge in [0, 0.05) is 23.9 Å². The molecule has 0 saturated heterocycles. The molecular weight excluding hydrogens is 697 g/mol. The molecule has 1 amide bonds. The Morgan fingerprint density at radius 3 is 2.07 bits per heavy atom. The minimum atomic E-state index is -1.05. The van der Waals surface area contributed by atoms with Gasteiger partial charge in [-0.2, -0.15) is 0 Å². The van der Waals surface area contributed by atoms with Gasteiger partial charge in [0.1, 0.15) is 31.4 Å². The first-order valence-corrected chi connectivity index (χ1v) is 15.2. The molecule has 1 aromatic heterocycles. The van der Waals surface area contributed by atoms with Crippen LogP contribution in [-0.4, -0.2) is 79.8 Å². The molecule has 46 heavy (non-hydrogen) atoms. The minimum Gasteiger partial charge on any atom is -1.00 e. The minimum absolute atomic E-state index is 0. The van der Waals surface area contributed by atoms with Gasteiger partial charge in [-0.25, -0.2) is 14.4 Å². The number of carbonyl (C=O) groups excluding carboxylic acids is 3. The van der Waals surface area contributed by atoms with Crippen LogP contribution in [0.15, 0.2) is 79.0 Å². The van der Waals surface area contributed by atoms with Crippen molar-refractivity contribution in [2.75, 3.05) is 40.9 Å². The fourth-order valence-electron chi connectivity index (χ4n) is 5.59. The third-order valence-electron chi connectivity index (χ3n) is 7.74. The molecule has 0 bridgehead atoms. The molecule has 244 valence electrons. The van der Waals surface area contributed by atoms with E-state index in [-0.39, 0.29) is 49.5 Å². The van der Waals surface area contributed by atoms with Crippen LogP contribution in [0.3, 0.4) is 0 Å². The number of amides is 1. The predicted molar refractivity (Wildman–Crippen MR) is 173 cm³/mol. The third kappa shape index (κ3) is 8.27. The number of rotatable bonds is 9. The third-order valence-corrected chi connectivity index (χ3v) is 7.74. The summed E-state index contributed by atoms with van der Waals surface area (Å²) in [5, 5.41) is 3.53. The number of hydrogen-bond donors (Lipinski definition) is 1. The van der Waals surface area contributed by atoms with Gasteiger partial charge in [0.25, 0.3) is 0 Å². The molecule has 1 atom stereocenters. The lowest BCUT2D eigenvalue weighted by Gasteiger charge is -2.24. The number of alkyl carbamates (subject to hydrolysis) is 1. The van der Waals surface area contributed by atoms with Crippen LogP contribution < -0.4 is 29.3 Å². The molecule has 9 nitrogen and oxygen atoms in total. The Labute approximate surface area is 287 Å². The summed E-state index contributed by atoms with van der Waals surface area (Å²) in [5.74, 6) is -0.698. The highest BCUT2D eigenvalue weighted by atomic mass is 127. The van der Waals surface area contributed by atoms with E-state index in [1.165, 1.54) is 4.57 Å². The Hall–Kier alpha value is -3.90. The molecule has 1 heterocycles. The number of hydrogen-bond acceptors (Lipinski definition) is 6. The maximum atomic E-state index is 13.4. The maximum absolute atomic E-state index is 13.4. The van der Waals surface area contributed by atoms with Gasteiger partial charge in [0.2, 0.25) is 0 Å². The highest BCUT2D eigenvalue weighted by Gasteiger charge is 2.31. The number of fused-ring (bicyclic) bond motifs is 4. The number of para-hydroxylation sites is 1. The largest absolute Gasteiger partial charge is 1.00 e. The van der Waals surface area contributed by atoms with Crippen LogP contribution in [-0.2, 0) is 25.4 Å². The molecule has 3 aromatic carbocycles. The fourth-order valence-corrected chi connectivity index (χ4v) is 5.59. The average Bonchev–Trinajstić information content (AvgIpc) is 3.50. The molecule has 1 N–H and O–H groups in total. The van der Waals surface area contributed by atoms with E-state index in [1.807, 2.05) is 69.7 Å². The van der Waals surface area contributed by atoms with Gasteiger partial charge in [-0.1, -0.05) is 66.7 Å². The molecule has 5 rings (SSSR count). The number of esters is 1. The molecule has 1 aliphatic carbocycles. The zero-order valence-electron chi connectivity index (χ0n) is 27.2. The standard InChI is InChI=1S/C36H41N3O6.HI/c1-36(2,3)45-35(42)38-22-24(25-13-11-12-18-32(25)38)21-31(33(40)43-20-19-39(4,5)6)37-34(41)44-23-30-28-16-9-7-14-26(28)27-15-8-10-17-29(27)30;/h7-18,22,30-31H,19-21,23H2,1-6H3;1H/t31-;/m0./s1. The van der Waals surface area contributed by atoms with Gasteiger partial charge in [-0.05, 0) is 54.7 Å². The highest BCUT2D eigenvalue weighted by Crippen LogP contribution is 2.44. The van der Waals surface area contributed by atoms with Crippen LogP contribution in [0.5, 0.6) is 0 Å². The molecule has 0 unspecified atom stereocenters. The summed E-state index contributed by atoms with van der Waals surface area (Å²) in [5.41, 5.74) is 5.08. The van der Waals surface area contributed by atoms with E-state index in [0.29, 0.717) is 22.1 Å². The zero-order valence-corrected chi connectivity index (χ0v) is 29.4. The first kappa shape index (κ1) is 35.0. The van der Waals surface area contributed by atoms with Crippen LogP contribution in [0.4, 0.5) is 9.59 Å². The number of carbonyl (C=O) groups is 3. The van der Waals surface area contributed by atoms with Crippen LogP contribution in [0.25, 0.3) is 22.0 Å².